The summed E-state index contributed by atoms with van der Waals surface area (Å²) >= 11 is 0. The van der Waals surface area contributed by atoms with E-state index in [2.05, 4.69) is 10.3 Å². The molecule has 7 nitrogen and oxygen atoms in total. The number of carbonyl (C=O) groups is 1. The van der Waals surface area contributed by atoms with E-state index in [0.717, 1.165) is 11.4 Å². The molecule has 2 aromatic carbocycles. The van der Waals surface area contributed by atoms with Gasteiger partial charge in [0, 0.05) is 38.4 Å². The van der Waals surface area contributed by atoms with Gasteiger partial charge in [-0.2, -0.15) is 4.31 Å². The lowest BCUT2D eigenvalue weighted by Crippen LogP contribution is -2.44. The van der Waals surface area contributed by atoms with Crippen LogP contribution in [0.1, 0.15) is 30.3 Å². The SMILES string of the molecule is Cn1ccnc1[C@@H](NC(=O)C1CCN(S(=O)(=O)c2ccccc2)CC1)c1ccccc1. The Labute approximate surface area is 182 Å². The van der Waals surface area contributed by atoms with Crippen molar-refractivity contribution < 1.29 is 13.2 Å². The van der Waals surface area contributed by atoms with Crippen molar-refractivity contribution in [1.82, 2.24) is 19.2 Å². The van der Waals surface area contributed by atoms with Crippen LogP contribution in [0.3, 0.4) is 0 Å². The molecule has 1 amide bonds. The number of carbonyl (C=O) groups excluding carboxylic acids is 1. The van der Waals surface area contributed by atoms with Crippen molar-refractivity contribution in [2.75, 3.05) is 13.1 Å². The molecule has 162 valence electrons. The first-order valence-corrected chi connectivity index (χ1v) is 11.8. The molecule has 1 saturated heterocycles. The zero-order valence-electron chi connectivity index (χ0n) is 17.4. The van der Waals surface area contributed by atoms with E-state index in [1.807, 2.05) is 48.1 Å². The fourth-order valence-corrected chi connectivity index (χ4v) is 5.45. The average molecular weight is 439 g/mol. The largest absolute Gasteiger partial charge is 0.342 e. The number of imidazole rings is 1. The van der Waals surface area contributed by atoms with Gasteiger partial charge >= 0.3 is 0 Å². The molecule has 1 aliphatic rings. The fourth-order valence-electron chi connectivity index (χ4n) is 3.96. The molecular weight excluding hydrogens is 412 g/mol. The highest BCUT2D eigenvalue weighted by Crippen LogP contribution is 2.26. The number of benzene rings is 2. The molecule has 1 atom stereocenters. The van der Waals surface area contributed by atoms with E-state index in [-0.39, 0.29) is 22.8 Å². The first-order valence-electron chi connectivity index (χ1n) is 10.3. The molecule has 31 heavy (non-hydrogen) atoms. The maximum Gasteiger partial charge on any atom is 0.243 e. The Bertz CT molecular complexity index is 1120. The van der Waals surface area contributed by atoms with E-state index >= 15 is 0 Å². The maximum absolute atomic E-state index is 13.1. The Balaban J connectivity index is 1.45. The van der Waals surface area contributed by atoms with Gasteiger partial charge in [-0.25, -0.2) is 13.4 Å². The van der Waals surface area contributed by atoms with Gasteiger partial charge in [-0.3, -0.25) is 4.79 Å². The van der Waals surface area contributed by atoms with Gasteiger partial charge in [-0.05, 0) is 30.5 Å². The van der Waals surface area contributed by atoms with Gasteiger partial charge in [0.25, 0.3) is 0 Å². The monoisotopic (exact) mass is 438 g/mol. The predicted octanol–water partition coefficient (Wildman–Crippen LogP) is 2.73. The van der Waals surface area contributed by atoms with Crippen LogP contribution >= 0.6 is 0 Å². The summed E-state index contributed by atoms with van der Waals surface area (Å²) in [6, 6.07) is 17.8. The third-order valence-electron chi connectivity index (χ3n) is 5.74. The van der Waals surface area contributed by atoms with E-state index in [1.54, 1.807) is 36.5 Å². The number of nitrogens with zero attached hydrogens (tertiary/aromatic N) is 3. The average Bonchev–Trinajstić information content (AvgIpc) is 3.24. The Morgan fingerprint density at radius 1 is 1.03 bits per heavy atom. The number of hydrogen-bond donors (Lipinski definition) is 1. The second-order valence-electron chi connectivity index (χ2n) is 7.74. The van der Waals surface area contributed by atoms with Gasteiger partial charge in [-0.1, -0.05) is 48.5 Å². The fraction of sp³-hybridized carbons (Fsp3) is 0.304. The molecule has 1 aliphatic heterocycles. The van der Waals surface area contributed by atoms with Crippen LogP contribution in [0.5, 0.6) is 0 Å². The minimum absolute atomic E-state index is 0.0754. The van der Waals surface area contributed by atoms with Crippen LogP contribution in [0.15, 0.2) is 78.0 Å². The summed E-state index contributed by atoms with van der Waals surface area (Å²) in [5.74, 6) is 0.436. The maximum atomic E-state index is 13.1. The van der Waals surface area contributed by atoms with E-state index in [4.69, 9.17) is 0 Å². The zero-order chi connectivity index (χ0) is 21.8. The van der Waals surface area contributed by atoms with E-state index in [1.165, 1.54) is 4.31 Å². The van der Waals surface area contributed by atoms with Crippen molar-refractivity contribution in [1.29, 1.82) is 0 Å². The summed E-state index contributed by atoms with van der Waals surface area (Å²) in [4.78, 5) is 17.8. The number of piperidine rings is 1. The van der Waals surface area contributed by atoms with Gasteiger partial charge in [0.15, 0.2) is 0 Å². The van der Waals surface area contributed by atoms with Gasteiger partial charge in [-0.15, -0.1) is 0 Å². The van der Waals surface area contributed by atoms with Crippen molar-refractivity contribution in [3.63, 3.8) is 0 Å². The predicted molar refractivity (Wildman–Crippen MR) is 118 cm³/mol. The second-order valence-corrected chi connectivity index (χ2v) is 9.68. The Morgan fingerprint density at radius 3 is 2.23 bits per heavy atom. The highest BCUT2D eigenvalue weighted by atomic mass is 32.2. The number of aryl methyl sites for hydroxylation is 1. The molecule has 0 bridgehead atoms. The minimum atomic E-state index is -3.53. The normalized spacial score (nSPS) is 16.7. The van der Waals surface area contributed by atoms with Crippen LogP contribution in [0, 0.1) is 5.92 Å². The molecule has 8 heteroatoms. The summed E-state index contributed by atoms with van der Waals surface area (Å²) < 4.78 is 29.0. The van der Waals surface area contributed by atoms with Crippen LogP contribution in [0.4, 0.5) is 0 Å². The number of sulfonamides is 1. The first-order chi connectivity index (χ1) is 15.0. The van der Waals surface area contributed by atoms with Crippen LogP contribution in [0.25, 0.3) is 0 Å². The van der Waals surface area contributed by atoms with Gasteiger partial charge in [0.2, 0.25) is 15.9 Å². The lowest BCUT2D eigenvalue weighted by Gasteiger charge is -2.31. The number of nitrogens with one attached hydrogen (secondary N) is 1. The second kappa shape index (κ2) is 9.03. The highest BCUT2D eigenvalue weighted by molar-refractivity contribution is 7.89. The number of amides is 1. The lowest BCUT2D eigenvalue weighted by atomic mass is 9.96. The third-order valence-corrected chi connectivity index (χ3v) is 7.65. The third kappa shape index (κ3) is 4.55. The summed E-state index contributed by atoms with van der Waals surface area (Å²) in [5, 5.41) is 3.14. The lowest BCUT2D eigenvalue weighted by molar-refractivity contribution is -0.126. The molecule has 1 fully saturated rings. The van der Waals surface area contributed by atoms with Gasteiger partial charge < -0.3 is 9.88 Å². The van der Waals surface area contributed by atoms with Crippen molar-refractivity contribution in [3.05, 3.63) is 84.4 Å². The number of aromatic nitrogens is 2. The molecule has 1 N–H and O–H groups in total. The van der Waals surface area contributed by atoms with Crippen molar-refractivity contribution in [3.8, 4) is 0 Å². The van der Waals surface area contributed by atoms with E-state index < -0.39 is 10.0 Å². The molecule has 0 radical (unpaired) electrons. The molecule has 2 heterocycles. The molecule has 0 unspecified atom stereocenters. The van der Waals surface area contributed by atoms with E-state index in [9.17, 15) is 13.2 Å². The van der Waals surface area contributed by atoms with Gasteiger partial charge in [0.05, 0.1) is 4.90 Å². The van der Waals surface area contributed by atoms with Crippen molar-refractivity contribution >= 4 is 15.9 Å². The molecule has 0 aliphatic carbocycles. The molecule has 3 aromatic rings. The number of hydrogen-bond acceptors (Lipinski definition) is 4. The topological polar surface area (TPSA) is 84.3 Å². The molecule has 1 aromatic heterocycles. The smallest absolute Gasteiger partial charge is 0.243 e. The molecule has 4 rings (SSSR count). The summed E-state index contributed by atoms with van der Waals surface area (Å²) in [5.41, 5.74) is 0.953. The Kier molecular flexibility index (Phi) is 6.20. The number of rotatable bonds is 6. The zero-order valence-corrected chi connectivity index (χ0v) is 18.2. The highest BCUT2D eigenvalue weighted by Gasteiger charge is 2.33. The van der Waals surface area contributed by atoms with E-state index in [0.29, 0.717) is 25.9 Å². The van der Waals surface area contributed by atoms with Crippen LogP contribution in [-0.2, 0) is 21.9 Å². The Hall–Kier alpha value is -2.97. The van der Waals surface area contributed by atoms with Crippen LogP contribution < -0.4 is 5.32 Å². The summed E-state index contributed by atoms with van der Waals surface area (Å²) in [6.07, 6.45) is 4.54. The molecule has 0 spiro atoms. The van der Waals surface area contributed by atoms with Crippen LogP contribution in [0.2, 0.25) is 0 Å². The quantitative estimate of drug-likeness (QED) is 0.641. The van der Waals surface area contributed by atoms with Crippen LogP contribution in [-0.4, -0.2) is 41.3 Å². The van der Waals surface area contributed by atoms with Crippen molar-refractivity contribution in [2.45, 2.75) is 23.8 Å². The summed E-state index contributed by atoms with van der Waals surface area (Å²) in [6.45, 7) is 0.654. The van der Waals surface area contributed by atoms with Crippen molar-refractivity contribution in [2.24, 2.45) is 13.0 Å². The standard InChI is InChI=1S/C23H26N4O3S/c1-26-17-14-24-22(26)21(18-8-4-2-5-9-18)25-23(28)19-12-15-27(16-13-19)31(29,30)20-10-6-3-7-11-20/h2-11,14,17,19,21H,12-13,15-16H2,1H3,(H,25,28)/t21-/m0/s1. The Morgan fingerprint density at radius 2 is 1.65 bits per heavy atom. The molecule has 0 saturated carbocycles. The minimum Gasteiger partial charge on any atom is -0.342 e. The first kappa shape index (κ1) is 21.3. The summed E-state index contributed by atoms with van der Waals surface area (Å²) in [7, 11) is -1.63. The molecular formula is C23H26N4O3S. The van der Waals surface area contributed by atoms with Gasteiger partial charge in [0.1, 0.15) is 11.9 Å².